The molecule has 3 heteroatoms. The second kappa shape index (κ2) is 10.7. The zero-order chi connectivity index (χ0) is 17.1. The lowest BCUT2D eigenvalue weighted by Crippen LogP contribution is -2.20. The Hall–Kier alpha value is -2.00. The second-order valence-electron chi connectivity index (χ2n) is 5.56. The van der Waals surface area contributed by atoms with Crippen LogP contribution >= 0.6 is 0 Å². The normalized spacial score (nSPS) is 12.3. The molecule has 1 aromatic rings. The van der Waals surface area contributed by atoms with E-state index < -0.39 is 0 Å². The van der Waals surface area contributed by atoms with Crippen molar-refractivity contribution >= 4 is 11.8 Å². The average Bonchev–Trinajstić information content (AvgIpc) is 2.57. The Morgan fingerprint density at radius 3 is 2.70 bits per heavy atom. The van der Waals surface area contributed by atoms with Crippen LogP contribution in [0.3, 0.4) is 0 Å². The van der Waals surface area contributed by atoms with Gasteiger partial charge in [0.05, 0.1) is 5.69 Å². The van der Waals surface area contributed by atoms with Crippen molar-refractivity contribution in [1.82, 2.24) is 10.3 Å². The zero-order valence-electron chi connectivity index (χ0n) is 14.7. The van der Waals surface area contributed by atoms with E-state index in [1.54, 1.807) is 6.08 Å². The van der Waals surface area contributed by atoms with Gasteiger partial charge in [-0.1, -0.05) is 51.1 Å². The highest BCUT2D eigenvalue weighted by molar-refractivity contribution is 5.76. The van der Waals surface area contributed by atoms with Gasteiger partial charge in [-0.25, -0.2) is 0 Å². The number of aromatic nitrogens is 1. The molecule has 3 nitrogen and oxygen atoms in total. The maximum atomic E-state index is 7.39. The third-order valence-electron chi connectivity index (χ3n) is 3.71. The Labute approximate surface area is 140 Å². The molecule has 124 valence electrons. The summed E-state index contributed by atoms with van der Waals surface area (Å²) in [6.45, 7) is 11.5. The smallest absolute Gasteiger partial charge is 0.0674 e. The number of nitrogens with one attached hydrogen (secondary N) is 2. The molecule has 0 radical (unpaired) electrons. The lowest BCUT2D eigenvalue weighted by atomic mass is 10.1. The maximum Gasteiger partial charge on any atom is 0.0674 e. The summed E-state index contributed by atoms with van der Waals surface area (Å²) >= 11 is 0. The molecule has 2 N–H and O–H groups in total. The fourth-order valence-corrected chi connectivity index (χ4v) is 2.34. The molecule has 1 heterocycles. The lowest BCUT2D eigenvalue weighted by molar-refractivity contribution is 0.832. The third-order valence-corrected chi connectivity index (χ3v) is 3.71. The minimum Gasteiger partial charge on any atom is -0.308 e. The summed E-state index contributed by atoms with van der Waals surface area (Å²) in [5, 5.41) is 10.8. The molecule has 0 spiro atoms. The van der Waals surface area contributed by atoms with Crippen molar-refractivity contribution in [3.63, 3.8) is 0 Å². The van der Waals surface area contributed by atoms with Crippen LogP contribution in [0.2, 0.25) is 0 Å². The summed E-state index contributed by atoms with van der Waals surface area (Å²) in [4.78, 5) is 4.81. The van der Waals surface area contributed by atoms with E-state index in [4.69, 9.17) is 10.4 Å². The van der Waals surface area contributed by atoms with Crippen molar-refractivity contribution in [1.29, 1.82) is 5.41 Å². The number of allylic oxidation sites excluding steroid dienone is 3. The maximum absolute atomic E-state index is 7.39. The first-order valence-electron chi connectivity index (χ1n) is 8.34. The number of pyridine rings is 1. The minimum atomic E-state index is 0.658. The molecule has 23 heavy (non-hydrogen) atoms. The highest BCUT2D eigenvalue weighted by atomic mass is 14.9. The first-order valence-corrected chi connectivity index (χ1v) is 8.34. The molecular weight excluding hydrogens is 282 g/mol. The van der Waals surface area contributed by atoms with Gasteiger partial charge >= 0.3 is 0 Å². The molecule has 0 aromatic carbocycles. The van der Waals surface area contributed by atoms with Crippen molar-refractivity contribution < 1.29 is 0 Å². The number of hydrogen-bond acceptors (Lipinski definition) is 3. The van der Waals surface area contributed by atoms with E-state index in [2.05, 4.69) is 50.9 Å². The van der Waals surface area contributed by atoms with Crippen molar-refractivity contribution in [2.45, 2.75) is 40.0 Å². The molecule has 0 amide bonds. The standard InChI is InChI=1S/C20H29N3/c1-5-8-10-18(15-22-14-17(13-21)9-6-2)20-12-11-16(4)19(7-3)23-20/h6,9-13,21-22H,2,5,7-8,14-15H2,1,3-4H3/b17-9+,18-10+,21-13?. The van der Waals surface area contributed by atoms with E-state index in [-0.39, 0.29) is 0 Å². The fourth-order valence-electron chi connectivity index (χ4n) is 2.34. The van der Waals surface area contributed by atoms with Gasteiger partial charge in [-0.15, -0.1) is 0 Å². The van der Waals surface area contributed by atoms with Crippen LogP contribution in [0.15, 0.2) is 42.5 Å². The third kappa shape index (κ3) is 6.33. The van der Waals surface area contributed by atoms with Gasteiger partial charge in [0.15, 0.2) is 0 Å². The van der Waals surface area contributed by atoms with Crippen LogP contribution in [0, 0.1) is 12.3 Å². The molecular formula is C20H29N3. The van der Waals surface area contributed by atoms with Gasteiger partial charge in [0, 0.05) is 25.0 Å². The van der Waals surface area contributed by atoms with E-state index in [0.29, 0.717) is 6.54 Å². The van der Waals surface area contributed by atoms with Gasteiger partial charge in [-0.2, -0.15) is 0 Å². The Morgan fingerprint density at radius 2 is 2.09 bits per heavy atom. The van der Waals surface area contributed by atoms with Gasteiger partial charge in [-0.3, -0.25) is 4.98 Å². The number of rotatable bonds is 10. The van der Waals surface area contributed by atoms with Crippen LogP contribution in [-0.4, -0.2) is 24.3 Å². The van der Waals surface area contributed by atoms with E-state index >= 15 is 0 Å². The molecule has 0 bridgehead atoms. The number of nitrogens with zero attached hydrogens (tertiary/aromatic N) is 1. The zero-order valence-corrected chi connectivity index (χ0v) is 14.7. The van der Waals surface area contributed by atoms with E-state index in [9.17, 15) is 0 Å². The summed E-state index contributed by atoms with van der Waals surface area (Å²) in [7, 11) is 0. The monoisotopic (exact) mass is 311 g/mol. The van der Waals surface area contributed by atoms with Crippen LogP contribution in [0.1, 0.15) is 43.6 Å². The first kappa shape index (κ1) is 19.0. The average molecular weight is 311 g/mol. The van der Waals surface area contributed by atoms with Crippen LogP contribution < -0.4 is 5.32 Å². The molecule has 0 fully saturated rings. The van der Waals surface area contributed by atoms with Crippen LogP contribution in [-0.2, 0) is 6.42 Å². The second-order valence-corrected chi connectivity index (χ2v) is 5.56. The Bertz CT molecular complexity index is 583. The SMILES string of the molecule is C=C/C=C(\C=N)CNC/C(=C\CCC)c1ccc(C)c(CC)n1. The highest BCUT2D eigenvalue weighted by Crippen LogP contribution is 2.16. The molecule has 0 unspecified atom stereocenters. The summed E-state index contributed by atoms with van der Waals surface area (Å²) in [5.41, 5.74) is 5.61. The van der Waals surface area contributed by atoms with Crippen molar-refractivity contribution in [3.05, 3.63) is 59.5 Å². The number of unbranched alkanes of at least 4 members (excludes halogenated alkanes) is 1. The molecule has 0 aliphatic carbocycles. The summed E-state index contributed by atoms with van der Waals surface area (Å²) < 4.78 is 0. The number of hydrogen-bond donors (Lipinski definition) is 2. The highest BCUT2D eigenvalue weighted by Gasteiger charge is 2.06. The molecule has 0 saturated carbocycles. The van der Waals surface area contributed by atoms with Crippen LogP contribution in [0.25, 0.3) is 5.57 Å². The van der Waals surface area contributed by atoms with E-state index in [0.717, 1.165) is 42.8 Å². The molecule has 0 saturated heterocycles. The summed E-state index contributed by atoms with van der Waals surface area (Å²) in [6, 6.07) is 4.26. The van der Waals surface area contributed by atoms with E-state index in [1.807, 2.05) is 6.08 Å². The Kier molecular flexibility index (Phi) is 8.85. The van der Waals surface area contributed by atoms with E-state index in [1.165, 1.54) is 17.4 Å². The fraction of sp³-hybridized carbons (Fsp3) is 0.400. The lowest BCUT2D eigenvalue weighted by Gasteiger charge is -2.12. The van der Waals surface area contributed by atoms with Gasteiger partial charge in [-0.05, 0) is 42.5 Å². The summed E-state index contributed by atoms with van der Waals surface area (Å²) in [6.07, 6.45) is 10.3. The quantitative estimate of drug-likeness (QED) is 0.494. The van der Waals surface area contributed by atoms with Gasteiger partial charge in [0.1, 0.15) is 0 Å². The largest absolute Gasteiger partial charge is 0.308 e. The summed E-state index contributed by atoms with van der Waals surface area (Å²) in [5.74, 6) is 0. The van der Waals surface area contributed by atoms with Gasteiger partial charge in [0.25, 0.3) is 0 Å². The van der Waals surface area contributed by atoms with Crippen LogP contribution in [0.4, 0.5) is 0 Å². The predicted molar refractivity (Wildman–Crippen MR) is 101 cm³/mol. The topological polar surface area (TPSA) is 48.8 Å². The predicted octanol–water partition coefficient (Wildman–Crippen LogP) is 4.49. The van der Waals surface area contributed by atoms with Crippen molar-refractivity contribution in [3.8, 4) is 0 Å². The molecule has 1 aromatic heterocycles. The molecule has 1 rings (SSSR count). The van der Waals surface area contributed by atoms with Gasteiger partial charge in [0.2, 0.25) is 0 Å². The van der Waals surface area contributed by atoms with Crippen molar-refractivity contribution in [2.75, 3.05) is 13.1 Å². The molecule has 0 atom stereocenters. The molecule has 0 aliphatic heterocycles. The van der Waals surface area contributed by atoms with Crippen molar-refractivity contribution in [2.24, 2.45) is 0 Å². The van der Waals surface area contributed by atoms with Crippen LogP contribution in [0.5, 0.6) is 0 Å². The number of aryl methyl sites for hydroxylation is 2. The van der Waals surface area contributed by atoms with Gasteiger partial charge < -0.3 is 10.7 Å². The Morgan fingerprint density at radius 1 is 1.30 bits per heavy atom. The minimum absolute atomic E-state index is 0.658. The Balaban J connectivity index is 2.87. The molecule has 0 aliphatic rings. The first-order chi connectivity index (χ1) is 11.2.